The van der Waals surface area contributed by atoms with Crippen molar-refractivity contribution in [1.82, 2.24) is 9.80 Å². The fourth-order valence-electron chi connectivity index (χ4n) is 3.91. The van der Waals surface area contributed by atoms with Gasteiger partial charge in [0.15, 0.2) is 0 Å². The van der Waals surface area contributed by atoms with E-state index in [1.807, 2.05) is 25.7 Å². The lowest BCUT2D eigenvalue weighted by Gasteiger charge is -2.38. The Morgan fingerprint density at radius 3 is 2.36 bits per heavy atom. The van der Waals surface area contributed by atoms with E-state index in [4.69, 9.17) is 4.74 Å². The van der Waals surface area contributed by atoms with Crippen LogP contribution in [-0.2, 0) is 11.3 Å². The molecule has 6 heteroatoms. The average molecular weight is 452 g/mol. The molecule has 0 N–H and O–H groups in total. The van der Waals surface area contributed by atoms with E-state index in [1.54, 1.807) is 0 Å². The number of amides is 1. The molecule has 156 valence electrons. The van der Waals surface area contributed by atoms with E-state index in [9.17, 15) is 4.79 Å². The summed E-state index contributed by atoms with van der Waals surface area (Å²) in [7, 11) is 0. The van der Waals surface area contributed by atoms with Crippen molar-refractivity contribution < 1.29 is 9.53 Å². The maximum absolute atomic E-state index is 12.3. The van der Waals surface area contributed by atoms with Gasteiger partial charge in [-0.2, -0.15) is 0 Å². The molecular formula is C22H34BrN3O2. The number of likely N-dealkylation sites (tertiary alicyclic amines) is 1. The number of ether oxygens (including phenoxy) is 1. The highest BCUT2D eigenvalue weighted by Gasteiger charge is 2.27. The molecule has 2 aliphatic rings. The molecule has 0 atom stereocenters. The maximum Gasteiger partial charge on any atom is 0.410 e. The van der Waals surface area contributed by atoms with Gasteiger partial charge in [-0.25, -0.2) is 4.79 Å². The zero-order chi connectivity index (χ0) is 20.3. The van der Waals surface area contributed by atoms with Crippen LogP contribution in [0.1, 0.15) is 46.1 Å². The second-order valence-corrected chi connectivity index (χ2v) is 10.1. The largest absolute Gasteiger partial charge is 0.444 e. The number of piperazine rings is 1. The predicted molar refractivity (Wildman–Crippen MR) is 118 cm³/mol. The van der Waals surface area contributed by atoms with Gasteiger partial charge >= 0.3 is 6.09 Å². The van der Waals surface area contributed by atoms with Gasteiger partial charge in [-0.3, -0.25) is 4.90 Å². The van der Waals surface area contributed by atoms with E-state index in [2.05, 4.69) is 50.9 Å². The fraction of sp³-hybridized carbons (Fsp3) is 0.682. The van der Waals surface area contributed by atoms with Crippen LogP contribution in [0.25, 0.3) is 0 Å². The van der Waals surface area contributed by atoms with Crippen LogP contribution in [0.4, 0.5) is 10.5 Å². The van der Waals surface area contributed by atoms with Gasteiger partial charge in [0.2, 0.25) is 0 Å². The molecule has 0 aromatic heterocycles. The van der Waals surface area contributed by atoms with Gasteiger partial charge < -0.3 is 14.5 Å². The van der Waals surface area contributed by atoms with Crippen molar-refractivity contribution in [2.45, 2.75) is 52.7 Å². The minimum atomic E-state index is -0.445. The molecule has 0 radical (unpaired) electrons. The Morgan fingerprint density at radius 1 is 1.11 bits per heavy atom. The number of hydrogen-bond donors (Lipinski definition) is 0. The molecular weight excluding hydrogens is 418 g/mol. The molecule has 0 saturated carbocycles. The van der Waals surface area contributed by atoms with Crippen LogP contribution < -0.4 is 4.90 Å². The third-order valence-electron chi connectivity index (χ3n) is 5.58. The van der Waals surface area contributed by atoms with Crippen LogP contribution in [0.15, 0.2) is 22.7 Å². The van der Waals surface area contributed by atoms with E-state index < -0.39 is 5.60 Å². The monoisotopic (exact) mass is 451 g/mol. The summed E-state index contributed by atoms with van der Waals surface area (Å²) < 4.78 is 6.65. The molecule has 2 saturated heterocycles. The Labute approximate surface area is 178 Å². The summed E-state index contributed by atoms with van der Waals surface area (Å²) in [5.41, 5.74) is 2.22. The summed E-state index contributed by atoms with van der Waals surface area (Å²) in [5.74, 6) is 0.846. The summed E-state index contributed by atoms with van der Waals surface area (Å²) >= 11 is 3.64. The molecule has 3 rings (SSSR count). The van der Waals surface area contributed by atoms with Gasteiger partial charge in [-0.05, 0) is 76.4 Å². The Hall–Kier alpha value is -1.27. The van der Waals surface area contributed by atoms with Crippen molar-refractivity contribution in [2.75, 3.05) is 44.2 Å². The van der Waals surface area contributed by atoms with Gasteiger partial charge in [0.1, 0.15) is 5.60 Å². The average Bonchev–Trinajstić information content (AvgIpc) is 2.63. The Morgan fingerprint density at radius 2 is 1.75 bits per heavy atom. The van der Waals surface area contributed by atoms with E-state index in [-0.39, 0.29) is 6.09 Å². The second kappa shape index (κ2) is 9.04. The molecule has 2 aliphatic heterocycles. The number of piperidine rings is 1. The minimum absolute atomic E-state index is 0.203. The summed E-state index contributed by atoms with van der Waals surface area (Å²) in [5, 5.41) is 0. The minimum Gasteiger partial charge on any atom is -0.444 e. The lowest BCUT2D eigenvalue weighted by Crippen LogP contribution is -2.50. The van der Waals surface area contributed by atoms with Crippen LogP contribution in [0, 0.1) is 5.92 Å². The molecule has 0 aliphatic carbocycles. The molecule has 2 heterocycles. The summed E-state index contributed by atoms with van der Waals surface area (Å²) in [6.45, 7) is 14.5. The third kappa shape index (κ3) is 5.86. The standard InChI is InChI=1S/C22H34BrN3O2/c1-17-7-9-24(10-8-17)16-18-15-19(23)5-6-20(18)25-11-13-26(14-12-25)21(27)28-22(2,3)4/h5-6,15,17H,7-14,16H2,1-4H3. The van der Waals surface area contributed by atoms with Crippen LogP contribution >= 0.6 is 15.9 Å². The van der Waals surface area contributed by atoms with Crippen LogP contribution in [0.3, 0.4) is 0 Å². The molecule has 1 amide bonds. The number of carbonyl (C=O) groups is 1. The molecule has 0 unspecified atom stereocenters. The SMILES string of the molecule is CC1CCN(Cc2cc(Br)ccc2N2CCN(C(=O)OC(C)(C)C)CC2)CC1. The van der Waals surface area contributed by atoms with Crippen LogP contribution in [0.2, 0.25) is 0 Å². The maximum atomic E-state index is 12.3. The van der Waals surface area contributed by atoms with Crippen LogP contribution in [0.5, 0.6) is 0 Å². The van der Waals surface area contributed by atoms with Crippen molar-refractivity contribution in [3.05, 3.63) is 28.2 Å². The Balaban J connectivity index is 1.63. The highest BCUT2D eigenvalue weighted by molar-refractivity contribution is 9.10. The topological polar surface area (TPSA) is 36.0 Å². The molecule has 1 aromatic rings. The summed E-state index contributed by atoms with van der Waals surface area (Å²) in [6.07, 6.45) is 2.38. The van der Waals surface area contributed by atoms with E-state index in [1.165, 1.54) is 37.2 Å². The lowest BCUT2D eigenvalue weighted by atomic mass is 9.98. The van der Waals surface area contributed by atoms with E-state index >= 15 is 0 Å². The third-order valence-corrected chi connectivity index (χ3v) is 6.08. The number of hydrogen-bond acceptors (Lipinski definition) is 4. The summed E-state index contributed by atoms with van der Waals surface area (Å²) in [6, 6.07) is 6.60. The van der Waals surface area contributed by atoms with Crippen molar-refractivity contribution in [2.24, 2.45) is 5.92 Å². The number of benzene rings is 1. The normalized spacial score (nSPS) is 19.8. The molecule has 0 bridgehead atoms. The lowest BCUT2D eigenvalue weighted by molar-refractivity contribution is 0.0240. The first-order valence-electron chi connectivity index (χ1n) is 10.4. The van der Waals surface area contributed by atoms with E-state index in [0.29, 0.717) is 13.1 Å². The number of carbonyl (C=O) groups excluding carboxylic acids is 1. The van der Waals surface area contributed by atoms with Gasteiger partial charge in [0.25, 0.3) is 0 Å². The van der Waals surface area contributed by atoms with Gasteiger partial charge in [-0.15, -0.1) is 0 Å². The first-order chi connectivity index (χ1) is 13.2. The Bertz CT molecular complexity index is 673. The number of anilines is 1. The molecule has 2 fully saturated rings. The molecule has 28 heavy (non-hydrogen) atoms. The zero-order valence-electron chi connectivity index (χ0n) is 17.7. The highest BCUT2D eigenvalue weighted by Crippen LogP contribution is 2.28. The van der Waals surface area contributed by atoms with Crippen molar-refractivity contribution in [3.8, 4) is 0 Å². The molecule has 0 spiro atoms. The zero-order valence-corrected chi connectivity index (χ0v) is 19.3. The Kier molecular flexibility index (Phi) is 6.92. The van der Waals surface area contributed by atoms with Gasteiger partial charge in [0.05, 0.1) is 0 Å². The first-order valence-corrected chi connectivity index (χ1v) is 11.2. The second-order valence-electron chi connectivity index (χ2n) is 9.19. The first kappa shape index (κ1) is 21.4. The number of rotatable bonds is 3. The summed E-state index contributed by atoms with van der Waals surface area (Å²) in [4.78, 5) is 19.1. The van der Waals surface area contributed by atoms with Crippen LogP contribution in [-0.4, -0.2) is 60.8 Å². The van der Waals surface area contributed by atoms with Crippen molar-refractivity contribution in [1.29, 1.82) is 0 Å². The number of nitrogens with zero attached hydrogens (tertiary/aromatic N) is 3. The van der Waals surface area contributed by atoms with Crippen molar-refractivity contribution in [3.63, 3.8) is 0 Å². The fourth-order valence-corrected chi connectivity index (χ4v) is 4.32. The quantitative estimate of drug-likeness (QED) is 0.664. The van der Waals surface area contributed by atoms with Crippen molar-refractivity contribution >= 4 is 27.7 Å². The smallest absolute Gasteiger partial charge is 0.410 e. The highest BCUT2D eigenvalue weighted by atomic mass is 79.9. The molecule has 1 aromatic carbocycles. The van der Waals surface area contributed by atoms with Gasteiger partial charge in [0, 0.05) is 42.9 Å². The predicted octanol–water partition coefficient (Wildman–Crippen LogP) is 4.74. The number of halogens is 1. The molecule has 5 nitrogen and oxygen atoms in total. The van der Waals surface area contributed by atoms with Gasteiger partial charge in [-0.1, -0.05) is 22.9 Å². The van der Waals surface area contributed by atoms with E-state index in [0.717, 1.165) is 30.0 Å².